The first-order chi connectivity index (χ1) is 9.36. The van der Waals surface area contributed by atoms with Gasteiger partial charge in [0.2, 0.25) is 0 Å². The summed E-state index contributed by atoms with van der Waals surface area (Å²) in [5.74, 6) is -0.320. The van der Waals surface area contributed by atoms with Gasteiger partial charge >= 0.3 is 0 Å². The first kappa shape index (κ1) is 15.8. The van der Waals surface area contributed by atoms with Crippen LogP contribution in [-0.2, 0) is 13.8 Å². The van der Waals surface area contributed by atoms with Crippen LogP contribution in [0.15, 0.2) is 27.6 Å². The van der Waals surface area contributed by atoms with Gasteiger partial charge in [0.15, 0.2) is 0 Å². The molecule has 0 unspecified atom stereocenters. The molecule has 1 saturated heterocycles. The van der Waals surface area contributed by atoms with E-state index < -0.39 is 9.05 Å². The Morgan fingerprint density at radius 3 is 2.55 bits per heavy atom. The zero-order valence-electron chi connectivity index (χ0n) is 10.4. The van der Waals surface area contributed by atoms with Crippen LogP contribution in [0.5, 0.6) is 0 Å². The predicted molar refractivity (Wildman–Crippen MR) is 78.5 cm³/mol. The molecule has 1 heterocycles. The molecule has 2 rings (SSSR count). The van der Waals surface area contributed by atoms with E-state index in [9.17, 15) is 13.2 Å². The van der Waals surface area contributed by atoms with Gasteiger partial charge in [0.05, 0.1) is 4.90 Å². The third-order valence-electron chi connectivity index (χ3n) is 2.97. The number of halogens is 2. The lowest BCUT2D eigenvalue weighted by Gasteiger charge is -2.23. The van der Waals surface area contributed by atoms with Crippen LogP contribution >= 0.6 is 26.6 Å². The summed E-state index contributed by atoms with van der Waals surface area (Å²) in [7, 11) is 1.43. The van der Waals surface area contributed by atoms with Crippen molar-refractivity contribution in [1.29, 1.82) is 0 Å². The van der Waals surface area contributed by atoms with E-state index in [4.69, 9.17) is 15.4 Å². The molecule has 5 nitrogen and oxygen atoms in total. The van der Waals surface area contributed by atoms with Gasteiger partial charge in [-0.1, -0.05) is 15.9 Å². The molecule has 20 heavy (non-hydrogen) atoms. The molecule has 1 N–H and O–H groups in total. The van der Waals surface area contributed by atoms with E-state index in [0.717, 1.165) is 12.8 Å². The number of hydrogen-bond donors (Lipinski definition) is 1. The molecule has 0 radical (unpaired) electrons. The van der Waals surface area contributed by atoms with Gasteiger partial charge in [0.1, 0.15) is 0 Å². The van der Waals surface area contributed by atoms with Crippen LogP contribution in [0.3, 0.4) is 0 Å². The summed E-state index contributed by atoms with van der Waals surface area (Å²) >= 11 is 3.18. The molecule has 0 spiro atoms. The fourth-order valence-electron chi connectivity index (χ4n) is 1.95. The SMILES string of the molecule is O=C(NC1CCOCC1)c1cc(Br)cc(S(=O)(=O)Cl)c1. The minimum absolute atomic E-state index is 0.0475. The van der Waals surface area contributed by atoms with Crippen molar-refractivity contribution >= 4 is 41.6 Å². The van der Waals surface area contributed by atoms with Gasteiger partial charge in [-0.15, -0.1) is 0 Å². The Labute approximate surface area is 130 Å². The average Bonchev–Trinajstić information content (AvgIpc) is 2.38. The molecule has 110 valence electrons. The largest absolute Gasteiger partial charge is 0.381 e. The van der Waals surface area contributed by atoms with Gasteiger partial charge in [-0.25, -0.2) is 8.42 Å². The fourth-order valence-corrected chi connectivity index (χ4v) is 3.39. The molecular formula is C12H13BrClNO4S. The molecule has 1 aromatic carbocycles. The predicted octanol–water partition coefficient (Wildman–Crippen LogP) is 2.29. The van der Waals surface area contributed by atoms with Crippen LogP contribution in [0.1, 0.15) is 23.2 Å². The van der Waals surface area contributed by atoms with Crippen LogP contribution < -0.4 is 5.32 Å². The summed E-state index contributed by atoms with van der Waals surface area (Å²) < 4.78 is 28.4. The van der Waals surface area contributed by atoms with E-state index in [0.29, 0.717) is 17.7 Å². The van der Waals surface area contributed by atoms with Crippen LogP contribution in [-0.4, -0.2) is 33.6 Å². The van der Waals surface area contributed by atoms with Crippen molar-refractivity contribution < 1.29 is 17.9 Å². The second kappa shape index (κ2) is 6.43. The number of carbonyl (C=O) groups excluding carboxylic acids is 1. The summed E-state index contributed by atoms with van der Waals surface area (Å²) in [6.45, 7) is 1.23. The molecule has 1 aliphatic heterocycles. The van der Waals surface area contributed by atoms with E-state index in [2.05, 4.69) is 21.2 Å². The Kier molecular flexibility index (Phi) is 5.06. The van der Waals surface area contributed by atoms with E-state index in [1.54, 1.807) is 6.07 Å². The molecule has 8 heteroatoms. The molecule has 0 bridgehead atoms. The van der Waals surface area contributed by atoms with Gasteiger partial charge in [0.25, 0.3) is 15.0 Å². The molecule has 1 fully saturated rings. The molecular weight excluding hydrogens is 370 g/mol. The first-order valence-electron chi connectivity index (χ1n) is 6.00. The minimum Gasteiger partial charge on any atom is -0.381 e. The molecule has 0 saturated carbocycles. The number of carbonyl (C=O) groups is 1. The van der Waals surface area contributed by atoms with Gasteiger partial charge < -0.3 is 10.1 Å². The van der Waals surface area contributed by atoms with E-state index in [1.807, 2.05) is 0 Å². The van der Waals surface area contributed by atoms with Gasteiger partial charge in [-0.05, 0) is 31.0 Å². The second-order valence-corrected chi connectivity index (χ2v) is 7.96. The highest BCUT2D eigenvalue weighted by Crippen LogP contribution is 2.22. The van der Waals surface area contributed by atoms with Crippen LogP contribution in [0.4, 0.5) is 0 Å². The summed E-state index contributed by atoms with van der Waals surface area (Å²) in [6.07, 6.45) is 1.50. The summed E-state index contributed by atoms with van der Waals surface area (Å²) in [5, 5.41) is 2.86. The van der Waals surface area contributed by atoms with E-state index in [-0.39, 0.29) is 22.4 Å². The second-order valence-electron chi connectivity index (χ2n) is 4.47. The third kappa shape index (κ3) is 4.18. The van der Waals surface area contributed by atoms with Crippen molar-refractivity contribution in [3.8, 4) is 0 Å². The number of nitrogens with one attached hydrogen (secondary N) is 1. The van der Waals surface area contributed by atoms with Crippen molar-refractivity contribution in [3.05, 3.63) is 28.2 Å². The quantitative estimate of drug-likeness (QED) is 0.814. The van der Waals surface area contributed by atoms with Crippen molar-refractivity contribution in [2.24, 2.45) is 0 Å². The van der Waals surface area contributed by atoms with E-state index in [1.165, 1.54) is 12.1 Å². The summed E-state index contributed by atoms with van der Waals surface area (Å²) in [5.41, 5.74) is 0.255. The van der Waals surface area contributed by atoms with E-state index >= 15 is 0 Å². The highest BCUT2D eigenvalue weighted by molar-refractivity contribution is 9.10. The van der Waals surface area contributed by atoms with Crippen LogP contribution in [0.2, 0.25) is 0 Å². The topological polar surface area (TPSA) is 72.5 Å². The normalized spacial score (nSPS) is 16.9. The Morgan fingerprint density at radius 1 is 1.30 bits per heavy atom. The summed E-state index contributed by atoms with van der Waals surface area (Å²) in [4.78, 5) is 12.0. The smallest absolute Gasteiger partial charge is 0.261 e. The molecule has 0 aliphatic carbocycles. The summed E-state index contributed by atoms with van der Waals surface area (Å²) in [6, 6.07) is 4.22. The Balaban J connectivity index is 2.19. The van der Waals surface area contributed by atoms with Gasteiger partial charge in [0, 0.05) is 40.0 Å². The number of amides is 1. The van der Waals surface area contributed by atoms with Gasteiger partial charge in [-0.2, -0.15) is 0 Å². The van der Waals surface area contributed by atoms with Crippen molar-refractivity contribution in [2.75, 3.05) is 13.2 Å². The molecule has 0 atom stereocenters. The third-order valence-corrected chi connectivity index (χ3v) is 4.76. The molecule has 1 aliphatic rings. The Morgan fingerprint density at radius 2 is 1.95 bits per heavy atom. The standard InChI is InChI=1S/C12H13BrClNO4S/c13-9-5-8(6-11(7-9)20(14,17)18)12(16)15-10-1-3-19-4-2-10/h5-7,10H,1-4H2,(H,15,16). The first-order valence-corrected chi connectivity index (χ1v) is 9.10. The zero-order valence-corrected chi connectivity index (χ0v) is 13.6. The van der Waals surface area contributed by atoms with Crippen molar-refractivity contribution in [3.63, 3.8) is 0 Å². The zero-order chi connectivity index (χ0) is 14.8. The lowest BCUT2D eigenvalue weighted by Crippen LogP contribution is -2.38. The minimum atomic E-state index is -3.87. The lowest BCUT2D eigenvalue weighted by atomic mass is 10.1. The maximum absolute atomic E-state index is 12.1. The molecule has 1 aromatic rings. The highest BCUT2D eigenvalue weighted by Gasteiger charge is 2.19. The van der Waals surface area contributed by atoms with Crippen LogP contribution in [0.25, 0.3) is 0 Å². The van der Waals surface area contributed by atoms with Crippen molar-refractivity contribution in [1.82, 2.24) is 5.32 Å². The number of benzene rings is 1. The number of rotatable bonds is 3. The Bertz CT molecular complexity index is 614. The lowest BCUT2D eigenvalue weighted by molar-refractivity contribution is 0.0696. The van der Waals surface area contributed by atoms with Crippen LogP contribution in [0, 0.1) is 0 Å². The number of hydrogen-bond acceptors (Lipinski definition) is 4. The van der Waals surface area contributed by atoms with Gasteiger partial charge in [-0.3, -0.25) is 4.79 Å². The Hall–Kier alpha value is -0.630. The maximum Gasteiger partial charge on any atom is 0.261 e. The average molecular weight is 383 g/mol. The highest BCUT2D eigenvalue weighted by atomic mass is 79.9. The molecule has 1 amide bonds. The monoisotopic (exact) mass is 381 g/mol. The van der Waals surface area contributed by atoms with Crippen molar-refractivity contribution in [2.45, 2.75) is 23.8 Å². The molecule has 0 aromatic heterocycles. The fraction of sp³-hybridized carbons (Fsp3) is 0.417. The maximum atomic E-state index is 12.1. The number of ether oxygens (including phenoxy) is 1.